The van der Waals surface area contributed by atoms with E-state index >= 15 is 0 Å². The van der Waals surface area contributed by atoms with Crippen LogP contribution in [0.3, 0.4) is 0 Å². The summed E-state index contributed by atoms with van der Waals surface area (Å²) in [6.45, 7) is 43.1. The van der Waals surface area contributed by atoms with E-state index in [2.05, 4.69) is 171 Å². The van der Waals surface area contributed by atoms with Crippen LogP contribution in [0.25, 0.3) is 0 Å². The third kappa shape index (κ3) is 16.1. The Balaban J connectivity index is 1.98. The van der Waals surface area contributed by atoms with Crippen LogP contribution in [-0.4, -0.2) is 80.7 Å². The van der Waals surface area contributed by atoms with Crippen LogP contribution in [0.1, 0.15) is 156 Å². The summed E-state index contributed by atoms with van der Waals surface area (Å²) in [5.74, 6) is -0.620. The maximum Gasteiger partial charge on any atom is 0.337 e. The lowest BCUT2D eigenvalue weighted by Gasteiger charge is -2.44. The van der Waals surface area contributed by atoms with Crippen molar-refractivity contribution in [1.82, 2.24) is 0 Å². The fourth-order valence-corrected chi connectivity index (χ4v) is 22.2. The van der Waals surface area contributed by atoms with Crippen molar-refractivity contribution in [2.24, 2.45) is 11.8 Å². The molecular formula is C56H100O8Si4. The summed E-state index contributed by atoms with van der Waals surface area (Å²) in [6.07, 6.45) is 5.20. The average molecular weight is 1010 g/mol. The predicted octanol–water partition coefficient (Wildman–Crippen LogP) is 14.3. The van der Waals surface area contributed by atoms with Crippen molar-refractivity contribution in [2.75, 3.05) is 6.61 Å². The zero-order chi connectivity index (χ0) is 51.4. The van der Waals surface area contributed by atoms with Crippen molar-refractivity contribution >= 4 is 49.6 Å². The lowest BCUT2D eigenvalue weighted by molar-refractivity contribution is -0.207. The maximum absolute atomic E-state index is 12.8. The highest BCUT2D eigenvalue weighted by atomic mass is 28.4. The van der Waals surface area contributed by atoms with Crippen LogP contribution in [0.4, 0.5) is 0 Å². The Bertz CT molecular complexity index is 1770. The number of benzene rings is 2. The number of cyclic esters (lactones) is 1. The lowest BCUT2D eigenvalue weighted by atomic mass is 9.84. The summed E-state index contributed by atoms with van der Waals surface area (Å²) in [6, 6.07) is 27.8. The Morgan fingerprint density at radius 3 is 1.54 bits per heavy atom. The third-order valence-electron chi connectivity index (χ3n) is 16.3. The molecule has 0 radical (unpaired) electrons. The Labute approximate surface area is 421 Å². The van der Waals surface area contributed by atoms with Crippen LogP contribution in [0.5, 0.6) is 0 Å². The quantitative estimate of drug-likeness (QED) is 0.0489. The van der Waals surface area contributed by atoms with Gasteiger partial charge in [-0.1, -0.05) is 158 Å². The second-order valence-corrected chi connectivity index (χ2v) is 42.2. The first-order valence-corrected chi connectivity index (χ1v) is 36.5. The first-order valence-electron chi connectivity index (χ1n) is 26.7. The van der Waals surface area contributed by atoms with Gasteiger partial charge in [-0.25, -0.2) is 4.79 Å². The highest BCUT2D eigenvalue weighted by molar-refractivity contribution is 6.99. The Hall–Kier alpha value is -1.88. The SMILES string of the molecule is CC[Si](CC)(CC)O[C@@H](CC[C@@H](C)[C@@H](C[C@](C)(O)CCCO[Si](c1ccccc1)(c1ccccc1)C(C)(C)C)O[Si](C)(C)C(C)(C)C)[C@H](C)[C@H](CC1=CC(=O)OC(C)(C)O1)O[Si](CC)(CC)CC. The van der Waals surface area contributed by atoms with E-state index in [1.54, 1.807) is 13.8 Å². The van der Waals surface area contributed by atoms with E-state index in [-0.39, 0.29) is 46.2 Å². The molecule has 2 aromatic rings. The van der Waals surface area contributed by atoms with E-state index in [1.165, 1.54) is 16.4 Å². The van der Waals surface area contributed by atoms with Crippen molar-refractivity contribution < 1.29 is 37.1 Å². The summed E-state index contributed by atoms with van der Waals surface area (Å²) < 4.78 is 41.6. The molecule has 0 fully saturated rings. The maximum atomic E-state index is 12.8. The number of rotatable bonds is 29. The highest BCUT2D eigenvalue weighted by Crippen LogP contribution is 2.42. The molecule has 0 aromatic heterocycles. The van der Waals surface area contributed by atoms with Crippen molar-refractivity contribution in [3.8, 4) is 0 Å². The molecule has 3 rings (SSSR count). The van der Waals surface area contributed by atoms with E-state index in [0.29, 0.717) is 31.6 Å². The molecule has 2 aromatic carbocycles. The van der Waals surface area contributed by atoms with Crippen LogP contribution in [0.15, 0.2) is 72.5 Å². The van der Waals surface area contributed by atoms with Crippen molar-refractivity contribution in [2.45, 2.75) is 245 Å². The van der Waals surface area contributed by atoms with Gasteiger partial charge in [-0.15, -0.1) is 0 Å². The molecule has 8 nitrogen and oxygen atoms in total. The molecular weight excluding hydrogens is 913 g/mol. The molecule has 0 spiro atoms. The van der Waals surface area contributed by atoms with Gasteiger partial charge in [0.05, 0.1) is 30.0 Å². The Morgan fingerprint density at radius 2 is 1.12 bits per heavy atom. The van der Waals surface area contributed by atoms with Gasteiger partial charge in [0.2, 0.25) is 5.79 Å². The Kier molecular flexibility index (Phi) is 22.4. The molecule has 1 heterocycles. The molecule has 0 unspecified atom stereocenters. The van der Waals surface area contributed by atoms with Crippen LogP contribution < -0.4 is 10.4 Å². The molecule has 0 aliphatic carbocycles. The van der Waals surface area contributed by atoms with Gasteiger partial charge in [-0.05, 0) is 108 Å². The zero-order valence-corrected chi connectivity index (χ0v) is 50.7. The number of carbonyl (C=O) groups is 1. The molecule has 0 amide bonds. The summed E-state index contributed by atoms with van der Waals surface area (Å²) in [4.78, 5) is 12.8. The lowest BCUT2D eigenvalue weighted by Crippen LogP contribution is -2.66. The van der Waals surface area contributed by atoms with Gasteiger partial charge in [0.1, 0.15) is 5.76 Å². The number of carbonyl (C=O) groups excluding carboxylic acids is 1. The van der Waals surface area contributed by atoms with E-state index < -0.39 is 44.7 Å². The first-order chi connectivity index (χ1) is 31.5. The summed E-state index contributed by atoms with van der Waals surface area (Å²) in [5, 5.41) is 14.9. The summed E-state index contributed by atoms with van der Waals surface area (Å²) >= 11 is 0. The molecule has 0 saturated heterocycles. The van der Waals surface area contributed by atoms with Gasteiger partial charge < -0.3 is 32.3 Å². The van der Waals surface area contributed by atoms with Gasteiger partial charge in [0, 0.05) is 39.2 Å². The van der Waals surface area contributed by atoms with Gasteiger partial charge in [-0.3, -0.25) is 0 Å². The van der Waals surface area contributed by atoms with E-state index in [4.69, 9.17) is 27.2 Å². The first kappa shape index (κ1) is 60.4. The Morgan fingerprint density at radius 1 is 0.647 bits per heavy atom. The number of hydrogen-bond donors (Lipinski definition) is 1. The predicted molar refractivity (Wildman–Crippen MR) is 296 cm³/mol. The van der Waals surface area contributed by atoms with Crippen LogP contribution in [0, 0.1) is 11.8 Å². The second kappa shape index (κ2) is 25.2. The van der Waals surface area contributed by atoms with Gasteiger partial charge in [0.15, 0.2) is 25.0 Å². The summed E-state index contributed by atoms with van der Waals surface area (Å²) in [7, 11) is -9.15. The van der Waals surface area contributed by atoms with Gasteiger partial charge in [0.25, 0.3) is 8.32 Å². The normalized spacial score (nSPS) is 18.4. The molecule has 0 bridgehead atoms. The minimum atomic E-state index is -2.70. The average Bonchev–Trinajstić information content (AvgIpc) is 3.26. The standard InChI is InChI=1S/C56H100O8Si4/c1-20-66(21-2,22-3)63-49(45(8)50(64-67(23-4,24-5)25-6)41-46-42-52(57)61-55(15,16)60-46)38-37-44(7)51(62-65(18,19)53(9,10)11)43-56(17,58)39-32-40-59-68(54(12,13)14,47-33-28-26-29-34-47)48-35-30-27-31-36-48/h26-31,33-36,42,44-45,49-51,58H,20-25,32,37-41,43H2,1-19H3/t44-,45+,49+,50+,51-,56-/m1/s1. The number of ether oxygens (including phenoxy) is 2. The van der Waals surface area contributed by atoms with Crippen molar-refractivity contribution in [1.29, 1.82) is 0 Å². The zero-order valence-electron chi connectivity index (χ0n) is 46.7. The minimum Gasteiger partial charge on any atom is -0.457 e. The molecule has 1 aliphatic rings. The van der Waals surface area contributed by atoms with Crippen molar-refractivity contribution in [3.05, 3.63) is 72.5 Å². The third-order valence-corrected chi connectivity index (χ3v) is 35.2. The smallest absolute Gasteiger partial charge is 0.337 e. The van der Waals surface area contributed by atoms with Crippen LogP contribution in [-0.2, 0) is 32.0 Å². The van der Waals surface area contributed by atoms with Crippen molar-refractivity contribution in [3.63, 3.8) is 0 Å². The monoisotopic (exact) mass is 1010 g/mol. The molecule has 388 valence electrons. The molecule has 0 saturated carbocycles. The minimum absolute atomic E-state index is 0.00480. The fraction of sp³-hybridized carbons (Fsp3) is 0.732. The molecule has 68 heavy (non-hydrogen) atoms. The topological polar surface area (TPSA) is 92.7 Å². The largest absolute Gasteiger partial charge is 0.457 e. The number of hydrogen-bond acceptors (Lipinski definition) is 8. The molecule has 6 atom stereocenters. The molecule has 1 N–H and O–H groups in total. The number of aliphatic hydroxyl groups is 1. The fourth-order valence-electron chi connectivity index (χ4n) is 10.2. The van der Waals surface area contributed by atoms with Gasteiger partial charge >= 0.3 is 5.97 Å². The second-order valence-electron chi connectivity index (χ2n) is 23.7. The molecule has 12 heteroatoms. The summed E-state index contributed by atoms with van der Waals surface area (Å²) in [5.41, 5.74) is -0.968. The van der Waals surface area contributed by atoms with E-state index in [1.807, 2.05) is 6.92 Å². The number of esters is 1. The van der Waals surface area contributed by atoms with Crippen LogP contribution >= 0.6 is 0 Å². The molecule has 1 aliphatic heterocycles. The van der Waals surface area contributed by atoms with Gasteiger partial charge in [-0.2, -0.15) is 0 Å². The highest BCUT2D eigenvalue weighted by Gasteiger charge is 2.50. The van der Waals surface area contributed by atoms with E-state index in [9.17, 15) is 9.90 Å². The van der Waals surface area contributed by atoms with Crippen LogP contribution in [0.2, 0.25) is 59.4 Å². The van der Waals surface area contributed by atoms with E-state index in [0.717, 1.165) is 55.5 Å².